The minimum absolute atomic E-state index is 0.0966. The molecule has 2 fully saturated rings. The molecule has 2 aliphatic rings. The fourth-order valence-electron chi connectivity index (χ4n) is 5.47. The largest absolute Gasteiger partial charge is 0.493 e. The van der Waals surface area contributed by atoms with Gasteiger partial charge in [-0.2, -0.15) is 0 Å². The number of fused-ring (bicyclic) bond motifs is 1. The first-order chi connectivity index (χ1) is 19.4. The van der Waals surface area contributed by atoms with Crippen molar-refractivity contribution in [2.24, 2.45) is 0 Å². The SMILES string of the molecule is CC(C)c1ccc(NC(O)=[NH+]C2CCN(c3ncnc4cc(OCCCN5CCN(C)CC5)ccc34)CC2)cc1. The number of likely N-dealkylation sites (N-methyl/N-ethyl adjacent to an activating group) is 1. The number of benzene rings is 2. The second kappa shape index (κ2) is 13.3. The molecule has 0 atom stereocenters. The minimum atomic E-state index is 0.0966. The van der Waals surface area contributed by atoms with Crippen molar-refractivity contribution in [1.82, 2.24) is 19.8 Å². The van der Waals surface area contributed by atoms with Crippen molar-refractivity contribution >= 4 is 28.4 Å². The Morgan fingerprint density at radius 3 is 2.50 bits per heavy atom. The molecule has 214 valence electrons. The van der Waals surface area contributed by atoms with Gasteiger partial charge < -0.3 is 24.5 Å². The number of nitrogens with zero attached hydrogens (tertiary/aromatic N) is 5. The molecule has 1 aromatic heterocycles. The van der Waals surface area contributed by atoms with Gasteiger partial charge in [-0.25, -0.2) is 20.3 Å². The average molecular weight is 547 g/mol. The Kier molecular flexibility index (Phi) is 9.34. The van der Waals surface area contributed by atoms with Crippen LogP contribution in [0.5, 0.6) is 5.75 Å². The third kappa shape index (κ3) is 7.40. The van der Waals surface area contributed by atoms with Crippen LogP contribution in [0.4, 0.5) is 11.5 Å². The van der Waals surface area contributed by atoms with Crippen LogP contribution in [-0.2, 0) is 0 Å². The van der Waals surface area contributed by atoms with E-state index in [9.17, 15) is 5.11 Å². The maximum atomic E-state index is 10.5. The van der Waals surface area contributed by atoms with Crippen LogP contribution in [0.15, 0.2) is 48.8 Å². The van der Waals surface area contributed by atoms with Crippen LogP contribution in [0.25, 0.3) is 10.9 Å². The number of aliphatic hydroxyl groups excluding tert-OH is 1. The van der Waals surface area contributed by atoms with Crippen molar-refractivity contribution in [2.45, 2.75) is 45.1 Å². The van der Waals surface area contributed by atoms with E-state index in [1.807, 2.05) is 24.3 Å². The number of hydrogen-bond donors (Lipinski definition) is 3. The van der Waals surface area contributed by atoms with Gasteiger partial charge >= 0.3 is 6.02 Å². The lowest BCUT2D eigenvalue weighted by atomic mass is 10.0. The third-order valence-corrected chi connectivity index (χ3v) is 8.05. The Bertz CT molecular complexity index is 1260. The number of piperidine rings is 1. The molecular weight excluding hydrogens is 502 g/mol. The lowest BCUT2D eigenvalue weighted by molar-refractivity contribution is -0.513. The van der Waals surface area contributed by atoms with Crippen molar-refractivity contribution in [3.05, 3.63) is 54.4 Å². The van der Waals surface area contributed by atoms with Crippen LogP contribution in [-0.4, -0.2) is 96.4 Å². The monoisotopic (exact) mass is 546 g/mol. The molecule has 2 saturated heterocycles. The molecule has 40 heavy (non-hydrogen) atoms. The summed E-state index contributed by atoms with van der Waals surface area (Å²) in [6.45, 7) is 12.4. The second-order valence-electron chi connectivity index (χ2n) is 11.4. The first-order valence-electron chi connectivity index (χ1n) is 14.7. The summed E-state index contributed by atoms with van der Waals surface area (Å²) < 4.78 is 6.07. The normalized spacial score (nSPS) is 18.0. The maximum Gasteiger partial charge on any atom is 0.444 e. The highest BCUT2D eigenvalue weighted by Gasteiger charge is 2.24. The van der Waals surface area contributed by atoms with Crippen molar-refractivity contribution in [2.75, 3.05) is 69.7 Å². The lowest BCUT2D eigenvalue weighted by Crippen LogP contribution is -2.82. The average Bonchev–Trinajstić information content (AvgIpc) is 2.96. The van der Waals surface area contributed by atoms with Gasteiger partial charge in [-0.1, -0.05) is 26.0 Å². The summed E-state index contributed by atoms with van der Waals surface area (Å²) in [6, 6.07) is 14.6. The van der Waals surface area contributed by atoms with E-state index in [2.05, 4.69) is 74.1 Å². The number of aromatic nitrogens is 2. The highest BCUT2D eigenvalue weighted by molar-refractivity contribution is 5.90. The smallest absolute Gasteiger partial charge is 0.444 e. The Labute approximate surface area is 237 Å². The Balaban J connectivity index is 1.12. The molecular formula is C31H44N7O2+. The molecule has 5 rings (SSSR count). The number of rotatable bonds is 9. The van der Waals surface area contributed by atoms with E-state index in [-0.39, 0.29) is 12.1 Å². The summed E-state index contributed by atoms with van der Waals surface area (Å²) in [6.07, 6.45) is 4.47. The highest BCUT2D eigenvalue weighted by atomic mass is 16.5. The van der Waals surface area contributed by atoms with Crippen molar-refractivity contribution in [1.29, 1.82) is 0 Å². The molecule has 2 aromatic carbocycles. The summed E-state index contributed by atoms with van der Waals surface area (Å²) >= 11 is 0. The summed E-state index contributed by atoms with van der Waals surface area (Å²) in [5.41, 5.74) is 3.06. The second-order valence-corrected chi connectivity index (χ2v) is 11.4. The van der Waals surface area contributed by atoms with Gasteiger partial charge in [0.05, 0.1) is 12.1 Å². The van der Waals surface area contributed by atoms with Gasteiger partial charge in [-0.05, 0) is 49.2 Å². The molecule has 0 saturated carbocycles. The van der Waals surface area contributed by atoms with E-state index >= 15 is 0 Å². The van der Waals surface area contributed by atoms with Gasteiger partial charge in [0.2, 0.25) is 0 Å². The van der Waals surface area contributed by atoms with Crippen LogP contribution in [0.1, 0.15) is 44.6 Å². The van der Waals surface area contributed by atoms with Gasteiger partial charge in [-0.15, -0.1) is 0 Å². The van der Waals surface area contributed by atoms with Gasteiger partial charge in [0, 0.05) is 70.1 Å². The Morgan fingerprint density at radius 1 is 1.02 bits per heavy atom. The Morgan fingerprint density at radius 2 is 1.77 bits per heavy atom. The van der Waals surface area contributed by atoms with E-state index in [4.69, 9.17) is 4.74 Å². The number of amidine groups is 1. The molecule has 0 spiro atoms. The molecule has 3 aromatic rings. The number of hydrogen-bond acceptors (Lipinski definition) is 6. The third-order valence-electron chi connectivity index (χ3n) is 8.05. The zero-order valence-corrected chi connectivity index (χ0v) is 24.1. The van der Waals surface area contributed by atoms with Crippen LogP contribution < -0.4 is 19.9 Å². The number of ether oxygens (including phenoxy) is 1. The highest BCUT2D eigenvalue weighted by Crippen LogP contribution is 2.28. The molecule has 9 heteroatoms. The molecule has 0 bridgehead atoms. The maximum absolute atomic E-state index is 10.5. The van der Waals surface area contributed by atoms with Gasteiger partial charge in [-0.3, -0.25) is 0 Å². The molecule has 0 aliphatic carbocycles. The first kappa shape index (κ1) is 28.1. The Hall–Kier alpha value is -3.43. The van der Waals surface area contributed by atoms with Crippen molar-refractivity contribution < 1.29 is 14.8 Å². The topological polar surface area (TPSA) is 91.0 Å². The van der Waals surface area contributed by atoms with E-state index in [1.165, 1.54) is 5.56 Å². The summed E-state index contributed by atoms with van der Waals surface area (Å²) in [7, 11) is 2.19. The van der Waals surface area contributed by atoms with E-state index in [1.54, 1.807) is 6.33 Å². The molecule has 0 amide bonds. The summed E-state index contributed by atoms with van der Waals surface area (Å²) in [5, 5.41) is 14.6. The van der Waals surface area contributed by atoms with Crippen LogP contribution >= 0.6 is 0 Å². The minimum Gasteiger partial charge on any atom is -0.493 e. The van der Waals surface area contributed by atoms with Crippen molar-refractivity contribution in [3.63, 3.8) is 0 Å². The van der Waals surface area contributed by atoms with Crippen LogP contribution in [0.2, 0.25) is 0 Å². The summed E-state index contributed by atoms with van der Waals surface area (Å²) in [5.74, 6) is 2.30. The lowest BCUT2D eigenvalue weighted by Gasteiger charge is -2.32. The molecule has 3 heterocycles. The van der Waals surface area contributed by atoms with E-state index in [0.29, 0.717) is 12.5 Å². The quantitative estimate of drug-likeness (QED) is 0.215. The number of piperazine rings is 1. The van der Waals surface area contributed by atoms with Gasteiger partial charge in [0.25, 0.3) is 0 Å². The van der Waals surface area contributed by atoms with Crippen LogP contribution in [0.3, 0.4) is 0 Å². The van der Waals surface area contributed by atoms with Gasteiger partial charge in [0.1, 0.15) is 29.6 Å². The van der Waals surface area contributed by atoms with Crippen molar-refractivity contribution in [3.8, 4) is 5.75 Å². The number of anilines is 2. The van der Waals surface area contributed by atoms with E-state index in [0.717, 1.165) is 93.2 Å². The molecule has 0 radical (unpaired) electrons. The van der Waals surface area contributed by atoms with Gasteiger partial charge in [0.15, 0.2) is 0 Å². The number of aliphatic hydroxyl groups is 1. The fraction of sp³-hybridized carbons (Fsp3) is 0.516. The van der Waals surface area contributed by atoms with Crippen LogP contribution in [0, 0.1) is 0 Å². The zero-order chi connectivity index (χ0) is 27.9. The first-order valence-corrected chi connectivity index (χ1v) is 14.7. The molecule has 9 nitrogen and oxygen atoms in total. The number of nitrogens with one attached hydrogen (secondary N) is 2. The summed E-state index contributed by atoms with van der Waals surface area (Å²) in [4.78, 5) is 19.6. The predicted octanol–water partition coefficient (Wildman–Crippen LogP) is 2.85. The molecule has 3 N–H and O–H groups in total. The predicted molar refractivity (Wildman–Crippen MR) is 162 cm³/mol. The zero-order valence-electron chi connectivity index (χ0n) is 24.1. The molecule has 2 aliphatic heterocycles. The van der Waals surface area contributed by atoms with E-state index < -0.39 is 0 Å². The molecule has 0 unspecified atom stereocenters. The standard InChI is InChI=1S/C31H43N7O2/c1-23(2)24-5-7-25(8-6-24)34-31(39)35-26-11-14-38(15-12-26)30-28-10-9-27(21-29(28)32-22-33-30)40-20-4-13-37-18-16-36(3)17-19-37/h5-10,21-23,26H,4,11-20H2,1-3H3,(H2,34,35,39)/p+1. The fourth-order valence-corrected chi connectivity index (χ4v) is 5.47.